The Morgan fingerprint density at radius 2 is 2.41 bits per heavy atom. The monoisotopic (exact) mass is 250 g/mol. The van der Waals surface area contributed by atoms with Crippen molar-refractivity contribution < 1.29 is 0 Å². The fourth-order valence-corrected chi connectivity index (χ4v) is 2.38. The van der Waals surface area contributed by atoms with Crippen molar-refractivity contribution in [2.24, 2.45) is 0 Å². The Balaban J connectivity index is 1.68. The van der Waals surface area contributed by atoms with Crippen molar-refractivity contribution >= 4 is 11.3 Å². The Morgan fingerprint density at radius 3 is 3.06 bits per heavy atom. The molecule has 0 aromatic carbocycles. The SMILES string of the molecule is Cc1nc(C(C)NCCCn2cccn2)cs1. The predicted molar refractivity (Wildman–Crippen MR) is 70.1 cm³/mol. The third kappa shape index (κ3) is 3.64. The molecule has 2 rings (SSSR count). The molecule has 0 amide bonds. The van der Waals surface area contributed by atoms with Crippen molar-refractivity contribution in [3.63, 3.8) is 0 Å². The Kier molecular flexibility index (Phi) is 4.28. The molecule has 0 radical (unpaired) electrons. The number of thiazole rings is 1. The fraction of sp³-hybridized carbons (Fsp3) is 0.500. The van der Waals surface area contributed by atoms with E-state index in [1.165, 1.54) is 0 Å². The number of hydrogen-bond acceptors (Lipinski definition) is 4. The van der Waals surface area contributed by atoms with Gasteiger partial charge in [0.25, 0.3) is 0 Å². The highest BCUT2D eigenvalue weighted by molar-refractivity contribution is 7.09. The lowest BCUT2D eigenvalue weighted by molar-refractivity contribution is 0.502. The number of nitrogens with zero attached hydrogens (tertiary/aromatic N) is 3. The summed E-state index contributed by atoms with van der Waals surface area (Å²) in [7, 11) is 0. The second kappa shape index (κ2) is 5.93. The Labute approximate surface area is 106 Å². The largest absolute Gasteiger partial charge is 0.309 e. The summed E-state index contributed by atoms with van der Waals surface area (Å²) in [5.41, 5.74) is 1.14. The number of aryl methyl sites for hydroxylation is 2. The lowest BCUT2D eigenvalue weighted by Crippen LogP contribution is -2.21. The van der Waals surface area contributed by atoms with Crippen LogP contribution in [-0.2, 0) is 6.54 Å². The number of hydrogen-bond donors (Lipinski definition) is 1. The minimum atomic E-state index is 0.331. The molecular formula is C12H18N4S. The zero-order valence-corrected chi connectivity index (χ0v) is 11.1. The maximum absolute atomic E-state index is 4.48. The van der Waals surface area contributed by atoms with Crippen LogP contribution in [0.1, 0.15) is 30.1 Å². The topological polar surface area (TPSA) is 42.7 Å². The molecule has 0 aliphatic rings. The van der Waals surface area contributed by atoms with E-state index in [0.717, 1.165) is 30.2 Å². The second-order valence-corrected chi connectivity index (χ2v) is 5.15. The van der Waals surface area contributed by atoms with Gasteiger partial charge in [-0.1, -0.05) is 0 Å². The van der Waals surface area contributed by atoms with Crippen LogP contribution in [-0.4, -0.2) is 21.3 Å². The Hall–Kier alpha value is -1.20. The van der Waals surface area contributed by atoms with Gasteiger partial charge in [0.2, 0.25) is 0 Å². The van der Waals surface area contributed by atoms with Gasteiger partial charge >= 0.3 is 0 Å². The van der Waals surface area contributed by atoms with E-state index < -0.39 is 0 Å². The molecular weight excluding hydrogens is 232 g/mol. The predicted octanol–water partition coefficient (Wildman–Crippen LogP) is 2.39. The van der Waals surface area contributed by atoms with Gasteiger partial charge in [0, 0.05) is 30.4 Å². The minimum absolute atomic E-state index is 0.331. The molecule has 0 aliphatic heterocycles. The summed E-state index contributed by atoms with van der Waals surface area (Å²) in [6, 6.07) is 2.28. The molecule has 0 saturated carbocycles. The van der Waals surface area contributed by atoms with Crippen LogP contribution in [0.2, 0.25) is 0 Å². The van der Waals surface area contributed by atoms with Gasteiger partial charge in [-0.3, -0.25) is 4.68 Å². The van der Waals surface area contributed by atoms with E-state index in [-0.39, 0.29) is 0 Å². The first kappa shape index (κ1) is 12.3. The normalized spacial score (nSPS) is 12.8. The quantitative estimate of drug-likeness (QED) is 0.800. The third-order valence-electron chi connectivity index (χ3n) is 2.65. The first-order valence-corrected chi connectivity index (χ1v) is 6.76. The molecule has 1 unspecified atom stereocenters. The van der Waals surface area contributed by atoms with E-state index in [4.69, 9.17) is 0 Å². The summed E-state index contributed by atoms with van der Waals surface area (Å²) in [5, 5.41) is 10.9. The standard InChI is InChI=1S/C12H18N4S/c1-10(12-9-17-11(2)15-12)13-5-3-7-16-8-4-6-14-16/h4,6,8-10,13H,3,5,7H2,1-2H3. The smallest absolute Gasteiger partial charge is 0.0898 e. The molecule has 1 N–H and O–H groups in total. The van der Waals surface area contributed by atoms with E-state index in [9.17, 15) is 0 Å². The van der Waals surface area contributed by atoms with Crippen LogP contribution in [0.25, 0.3) is 0 Å². The van der Waals surface area contributed by atoms with E-state index in [1.54, 1.807) is 11.3 Å². The summed E-state index contributed by atoms with van der Waals surface area (Å²) in [6.45, 7) is 6.14. The summed E-state index contributed by atoms with van der Waals surface area (Å²) < 4.78 is 1.96. The summed E-state index contributed by atoms with van der Waals surface area (Å²) in [5.74, 6) is 0. The minimum Gasteiger partial charge on any atom is -0.309 e. The molecule has 2 heterocycles. The van der Waals surface area contributed by atoms with Gasteiger partial charge in [-0.2, -0.15) is 5.10 Å². The molecule has 0 saturated heterocycles. The van der Waals surface area contributed by atoms with Crippen molar-refractivity contribution in [1.82, 2.24) is 20.1 Å². The van der Waals surface area contributed by atoms with Gasteiger partial charge < -0.3 is 5.32 Å². The highest BCUT2D eigenvalue weighted by Gasteiger charge is 2.07. The number of rotatable bonds is 6. The van der Waals surface area contributed by atoms with Crippen LogP contribution >= 0.6 is 11.3 Å². The summed E-state index contributed by atoms with van der Waals surface area (Å²) >= 11 is 1.70. The van der Waals surface area contributed by atoms with Crippen LogP contribution in [0, 0.1) is 6.92 Å². The highest BCUT2D eigenvalue weighted by Crippen LogP contribution is 2.15. The molecule has 2 aromatic heterocycles. The van der Waals surface area contributed by atoms with Crippen molar-refractivity contribution in [3.05, 3.63) is 34.5 Å². The second-order valence-electron chi connectivity index (χ2n) is 4.09. The van der Waals surface area contributed by atoms with Crippen molar-refractivity contribution in [2.45, 2.75) is 32.9 Å². The van der Waals surface area contributed by atoms with E-state index in [0.29, 0.717) is 6.04 Å². The summed E-state index contributed by atoms with van der Waals surface area (Å²) in [6.07, 6.45) is 4.89. The summed E-state index contributed by atoms with van der Waals surface area (Å²) in [4.78, 5) is 4.48. The zero-order valence-electron chi connectivity index (χ0n) is 10.3. The fourth-order valence-electron chi connectivity index (χ4n) is 1.68. The molecule has 0 aliphatic carbocycles. The lowest BCUT2D eigenvalue weighted by atomic mass is 10.2. The maximum Gasteiger partial charge on any atom is 0.0898 e. The van der Waals surface area contributed by atoms with Crippen molar-refractivity contribution in [3.8, 4) is 0 Å². The number of aromatic nitrogens is 3. The third-order valence-corrected chi connectivity index (χ3v) is 3.45. The lowest BCUT2D eigenvalue weighted by Gasteiger charge is -2.11. The van der Waals surface area contributed by atoms with Gasteiger partial charge in [0.05, 0.1) is 10.7 Å². The van der Waals surface area contributed by atoms with Crippen molar-refractivity contribution in [2.75, 3.05) is 6.54 Å². The van der Waals surface area contributed by atoms with Crippen molar-refractivity contribution in [1.29, 1.82) is 0 Å². The Bertz CT molecular complexity index is 435. The van der Waals surface area contributed by atoms with Gasteiger partial charge in [-0.15, -0.1) is 11.3 Å². The first-order valence-electron chi connectivity index (χ1n) is 5.88. The van der Waals surface area contributed by atoms with Gasteiger partial charge in [-0.05, 0) is 32.9 Å². The molecule has 0 spiro atoms. The van der Waals surface area contributed by atoms with Gasteiger partial charge in [-0.25, -0.2) is 4.98 Å². The maximum atomic E-state index is 4.48. The van der Waals surface area contributed by atoms with Crippen LogP contribution in [0.5, 0.6) is 0 Å². The molecule has 4 nitrogen and oxygen atoms in total. The molecule has 5 heteroatoms. The molecule has 17 heavy (non-hydrogen) atoms. The molecule has 2 aromatic rings. The first-order chi connectivity index (χ1) is 8.25. The molecule has 1 atom stereocenters. The average Bonchev–Trinajstić information content (AvgIpc) is 2.95. The zero-order chi connectivity index (χ0) is 12.1. The van der Waals surface area contributed by atoms with E-state index in [2.05, 4.69) is 27.7 Å². The number of nitrogens with one attached hydrogen (secondary N) is 1. The van der Waals surface area contributed by atoms with Gasteiger partial charge in [0.1, 0.15) is 0 Å². The van der Waals surface area contributed by atoms with E-state index in [1.807, 2.05) is 30.1 Å². The van der Waals surface area contributed by atoms with Gasteiger partial charge in [0.15, 0.2) is 0 Å². The van der Waals surface area contributed by atoms with Crippen LogP contribution < -0.4 is 5.32 Å². The van der Waals surface area contributed by atoms with Crippen LogP contribution in [0.4, 0.5) is 0 Å². The molecule has 0 fully saturated rings. The average molecular weight is 250 g/mol. The highest BCUT2D eigenvalue weighted by atomic mass is 32.1. The van der Waals surface area contributed by atoms with Crippen LogP contribution in [0.15, 0.2) is 23.8 Å². The van der Waals surface area contributed by atoms with E-state index >= 15 is 0 Å². The Morgan fingerprint density at radius 1 is 1.53 bits per heavy atom. The molecule has 92 valence electrons. The van der Waals surface area contributed by atoms with Crippen LogP contribution in [0.3, 0.4) is 0 Å². The molecule has 0 bridgehead atoms.